The summed E-state index contributed by atoms with van der Waals surface area (Å²) in [6.45, 7) is 0. The topological polar surface area (TPSA) is 0 Å². The lowest BCUT2D eigenvalue weighted by Gasteiger charge is -2.15. The van der Waals surface area contributed by atoms with Crippen molar-refractivity contribution in [1.82, 2.24) is 0 Å². The molecule has 0 fully saturated rings. The second kappa shape index (κ2) is 7.20. The van der Waals surface area contributed by atoms with E-state index in [-0.39, 0.29) is 5.82 Å². The van der Waals surface area contributed by atoms with Crippen LogP contribution >= 0.6 is 31.9 Å². The molecule has 2 aromatic carbocycles. The van der Waals surface area contributed by atoms with E-state index in [0.29, 0.717) is 5.92 Å². The number of benzene rings is 2. The molecule has 0 amide bonds. The molecule has 0 saturated carbocycles. The molecule has 100 valence electrons. The van der Waals surface area contributed by atoms with Gasteiger partial charge in [-0.05, 0) is 48.1 Å². The molecule has 2 rings (SSSR count). The van der Waals surface area contributed by atoms with Crippen LogP contribution in [0, 0.1) is 11.7 Å². The highest BCUT2D eigenvalue weighted by Gasteiger charge is 2.12. The molecule has 0 N–H and O–H groups in total. The van der Waals surface area contributed by atoms with Gasteiger partial charge in [-0.15, -0.1) is 0 Å². The van der Waals surface area contributed by atoms with E-state index < -0.39 is 0 Å². The lowest BCUT2D eigenvalue weighted by molar-refractivity contribution is 0.581. The number of hydrogen-bond acceptors (Lipinski definition) is 0. The van der Waals surface area contributed by atoms with Crippen molar-refractivity contribution in [3.63, 3.8) is 0 Å². The van der Waals surface area contributed by atoms with Gasteiger partial charge in [-0.2, -0.15) is 0 Å². The fraction of sp³-hybridized carbons (Fsp3) is 0.250. The molecule has 19 heavy (non-hydrogen) atoms. The van der Waals surface area contributed by atoms with E-state index in [4.69, 9.17) is 0 Å². The fourth-order valence-corrected chi connectivity index (χ4v) is 3.01. The van der Waals surface area contributed by atoms with Gasteiger partial charge in [-0.25, -0.2) is 4.39 Å². The molecule has 0 spiro atoms. The first-order valence-electron chi connectivity index (χ1n) is 6.23. The number of alkyl halides is 1. The highest BCUT2D eigenvalue weighted by Crippen LogP contribution is 2.23. The second-order valence-electron chi connectivity index (χ2n) is 4.65. The largest absolute Gasteiger partial charge is 0.207 e. The summed E-state index contributed by atoms with van der Waals surface area (Å²) in [5.41, 5.74) is 2.35. The van der Waals surface area contributed by atoms with Gasteiger partial charge >= 0.3 is 0 Å². The first kappa shape index (κ1) is 14.7. The SMILES string of the molecule is Fc1ccc(Br)c(CC(CBr)Cc2ccccc2)c1. The van der Waals surface area contributed by atoms with Gasteiger partial charge in [0.25, 0.3) is 0 Å². The standard InChI is InChI=1S/C16H15Br2F/c17-11-13(8-12-4-2-1-3-5-12)9-14-10-15(19)6-7-16(14)18/h1-7,10,13H,8-9,11H2. The number of rotatable bonds is 5. The Morgan fingerprint density at radius 1 is 1.00 bits per heavy atom. The summed E-state index contributed by atoms with van der Waals surface area (Å²) in [7, 11) is 0. The predicted molar refractivity (Wildman–Crippen MR) is 85.2 cm³/mol. The summed E-state index contributed by atoms with van der Waals surface area (Å²) >= 11 is 7.06. The maximum absolute atomic E-state index is 13.3. The Hall–Kier alpha value is -0.670. The lowest BCUT2D eigenvalue weighted by Crippen LogP contribution is -2.10. The molecule has 1 atom stereocenters. The van der Waals surface area contributed by atoms with E-state index in [9.17, 15) is 4.39 Å². The Morgan fingerprint density at radius 3 is 2.42 bits per heavy atom. The van der Waals surface area contributed by atoms with E-state index in [2.05, 4.69) is 56.1 Å². The lowest BCUT2D eigenvalue weighted by atomic mass is 9.94. The van der Waals surface area contributed by atoms with Gasteiger partial charge in [0.1, 0.15) is 5.82 Å². The van der Waals surface area contributed by atoms with Gasteiger partial charge < -0.3 is 0 Å². The Labute approximate surface area is 130 Å². The van der Waals surface area contributed by atoms with Crippen molar-refractivity contribution >= 4 is 31.9 Å². The van der Waals surface area contributed by atoms with E-state index in [0.717, 1.165) is 28.2 Å². The maximum atomic E-state index is 13.3. The Bertz CT molecular complexity index is 526. The Kier molecular flexibility index (Phi) is 5.59. The number of halogens is 3. The molecule has 0 aliphatic rings. The van der Waals surface area contributed by atoms with Crippen LogP contribution in [0.25, 0.3) is 0 Å². The van der Waals surface area contributed by atoms with Crippen LogP contribution in [0.15, 0.2) is 53.0 Å². The molecule has 0 bridgehead atoms. The summed E-state index contributed by atoms with van der Waals surface area (Å²) < 4.78 is 14.3. The smallest absolute Gasteiger partial charge is 0.123 e. The van der Waals surface area contributed by atoms with Crippen LogP contribution in [-0.4, -0.2) is 5.33 Å². The molecule has 3 heteroatoms. The molecule has 0 saturated heterocycles. The summed E-state index contributed by atoms with van der Waals surface area (Å²) in [6.07, 6.45) is 1.85. The van der Waals surface area contributed by atoms with Crippen LogP contribution in [-0.2, 0) is 12.8 Å². The van der Waals surface area contributed by atoms with Crippen molar-refractivity contribution in [2.45, 2.75) is 12.8 Å². The molecule has 0 aliphatic carbocycles. The van der Waals surface area contributed by atoms with E-state index >= 15 is 0 Å². The molecule has 2 aromatic rings. The van der Waals surface area contributed by atoms with E-state index in [1.807, 2.05) is 6.07 Å². The van der Waals surface area contributed by atoms with Crippen molar-refractivity contribution in [2.75, 3.05) is 5.33 Å². The van der Waals surface area contributed by atoms with E-state index in [1.165, 1.54) is 11.6 Å². The molecular weight excluding hydrogens is 371 g/mol. The highest BCUT2D eigenvalue weighted by atomic mass is 79.9. The third-order valence-electron chi connectivity index (χ3n) is 3.10. The quantitative estimate of drug-likeness (QED) is 0.605. The molecule has 0 aliphatic heterocycles. The van der Waals surface area contributed by atoms with E-state index in [1.54, 1.807) is 12.1 Å². The Balaban J connectivity index is 2.09. The monoisotopic (exact) mass is 384 g/mol. The zero-order valence-electron chi connectivity index (χ0n) is 10.5. The van der Waals surface area contributed by atoms with Gasteiger partial charge in [0.15, 0.2) is 0 Å². The average Bonchev–Trinajstić information content (AvgIpc) is 2.43. The molecule has 0 heterocycles. The molecular formula is C16H15Br2F. The van der Waals surface area contributed by atoms with Gasteiger partial charge in [-0.3, -0.25) is 0 Å². The van der Waals surface area contributed by atoms with Crippen molar-refractivity contribution in [3.8, 4) is 0 Å². The molecule has 0 nitrogen and oxygen atoms in total. The first-order chi connectivity index (χ1) is 9.19. The van der Waals surface area contributed by atoms with Crippen molar-refractivity contribution in [1.29, 1.82) is 0 Å². The van der Waals surface area contributed by atoms with Crippen molar-refractivity contribution in [3.05, 3.63) is 69.9 Å². The van der Waals surface area contributed by atoms with Gasteiger partial charge in [0.2, 0.25) is 0 Å². The average molecular weight is 386 g/mol. The third kappa shape index (κ3) is 4.43. The zero-order chi connectivity index (χ0) is 13.7. The predicted octanol–water partition coefficient (Wildman–Crippen LogP) is 5.38. The van der Waals surface area contributed by atoms with Gasteiger partial charge in [0.05, 0.1) is 0 Å². The summed E-state index contributed by atoms with van der Waals surface area (Å²) in [5.74, 6) is 0.284. The minimum Gasteiger partial charge on any atom is -0.207 e. The van der Waals surface area contributed by atoms with Crippen LogP contribution in [0.4, 0.5) is 4.39 Å². The van der Waals surface area contributed by atoms with Crippen molar-refractivity contribution < 1.29 is 4.39 Å². The normalized spacial score (nSPS) is 12.4. The van der Waals surface area contributed by atoms with Gasteiger partial charge in [-0.1, -0.05) is 62.2 Å². The van der Waals surface area contributed by atoms with Crippen molar-refractivity contribution in [2.24, 2.45) is 5.92 Å². The minimum absolute atomic E-state index is 0.175. The number of hydrogen-bond donors (Lipinski definition) is 0. The minimum atomic E-state index is -0.175. The van der Waals surface area contributed by atoms with Crippen LogP contribution in [0.2, 0.25) is 0 Å². The molecule has 0 radical (unpaired) electrons. The fourth-order valence-electron chi connectivity index (χ4n) is 2.14. The third-order valence-corrected chi connectivity index (χ3v) is 4.79. The Morgan fingerprint density at radius 2 is 1.74 bits per heavy atom. The van der Waals surface area contributed by atoms with Crippen LogP contribution < -0.4 is 0 Å². The summed E-state index contributed by atoms with van der Waals surface area (Å²) in [5, 5.41) is 0.908. The summed E-state index contributed by atoms with van der Waals surface area (Å²) in [4.78, 5) is 0. The van der Waals surface area contributed by atoms with Crippen LogP contribution in [0.3, 0.4) is 0 Å². The van der Waals surface area contributed by atoms with Crippen LogP contribution in [0.5, 0.6) is 0 Å². The zero-order valence-corrected chi connectivity index (χ0v) is 13.6. The summed E-state index contributed by atoms with van der Waals surface area (Å²) in [6, 6.07) is 15.3. The van der Waals surface area contributed by atoms with Gasteiger partial charge in [0, 0.05) is 9.80 Å². The van der Waals surface area contributed by atoms with Crippen LogP contribution in [0.1, 0.15) is 11.1 Å². The molecule has 1 unspecified atom stereocenters. The second-order valence-corrected chi connectivity index (χ2v) is 6.15. The molecule has 0 aromatic heterocycles. The first-order valence-corrected chi connectivity index (χ1v) is 8.14. The maximum Gasteiger partial charge on any atom is 0.123 e. The highest BCUT2D eigenvalue weighted by molar-refractivity contribution is 9.10.